The molecule has 0 aliphatic rings. The highest BCUT2D eigenvalue weighted by Gasteiger charge is 2.15. The van der Waals surface area contributed by atoms with Gasteiger partial charge in [0.25, 0.3) is 11.5 Å². The molecule has 0 atom stereocenters. The highest BCUT2D eigenvalue weighted by molar-refractivity contribution is 5.94. The minimum absolute atomic E-state index is 0.128. The number of rotatable bonds is 5. The molecule has 1 aromatic heterocycles. The van der Waals surface area contributed by atoms with Crippen LogP contribution in [0.3, 0.4) is 0 Å². The molecule has 0 radical (unpaired) electrons. The highest BCUT2D eigenvalue weighted by atomic mass is 16.2. The van der Waals surface area contributed by atoms with Crippen LogP contribution in [0.4, 0.5) is 0 Å². The first-order valence-corrected chi connectivity index (χ1v) is 6.57. The molecule has 0 fully saturated rings. The van der Waals surface area contributed by atoms with Gasteiger partial charge in [-0.3, -0.25) is 9.59 Å². The van der Waals surface area contributed by atoms with Crippen molar-refractivity contribution in [3.8, 4) is 0 Å². The Morgan fingerprint density at radius 1 is 1.33 bits per heavy atom. The first kappa shape index (κ1) is 14.5. The molecular weight excluding hydrogens is 228 g/mol. The molecule has 0 spiro atoms. The Bertz CT molecular complexity index is 473. The van der Waals surface area contributed by atoms with Crippen molar-refractivity contribution < 1.29 is 4.79 Å². The van der Waals surface area contributed by atoms with Gasteiger partial charge in [-0.1, -0.05) is 20.8 Å². The smallest absolute Gasteiger partial charge is 0.261 e. The molecule has 4 heteroatoms. The fourth-order valence-electron chi connectivity index (χ4n) is 1.96. The number of amides is 1. The molecule has 1 rings (SSSR count). The number of aromatic nitrogens is 1. The average Bonchev–Trinajstić information content (AvgIpc) is 2.35. The largest absolute Gasteiger partial charge is 0.349 e. The minimum Gasteiger partial charge on any atom is -0.349 e. The summed E-state index contributed by atoms with van der Waals surface area (Å²) < 4.78 is 0. The van der Waals surface area contributed by atoms with Crippen LogP contribution in [0.15, 0.2) is 10.9 Å². The molecule has 0 saturated heterocycles. The van der Waals surface area contributed by atoms with Crippen molar-refractivity contribution in [2.45, 2.75) is 53.0 Å². The van der Waals surface area contributed by atoms with E-state index < -0.39 is 0 Å². The highest BCUT2D eigenvalue weighted by Crippen LogP contribution is 2.06. The maximum atomic E-state index is 12.0. The van der Waals surface area contributed by atoms with E-state index in [1.54, 1.807) is 6.07 Å². The Balaban J connectivity index is 3.02. The van der Waals surface area contributed by atoms with Crippen LogP contribution < -0.4 is 10.9 Å². The van der Waals surface area contributed by atoms with Gasteiger partial charge in [-0.05, 0) is 37.8 Å². The molecule has 0 aliphatic carbocycles. The zero-order valence-corrected chi connectivity index (χ0v) is 11.6. The second-order valence-electron chi connectivity index (χ2n) is 4.50. The lowest BCUT2D eigenvalue weighted by molar-refractivity contribution is 0.0933. The predicted octanol–water partition coefficient (Wildman–Crippen LogP) is 2.16. The second-order valence-corrected chi connectivity index (χ2v) is 4.50. The zero-order chi connectivity index (χ0) is 13.7. The van der Waals surface area contributed by atoms with Gasteiger partial charge < -0.3 is 10.3 Å². The van der Waals surface area contributed by atoms with Gasteiger partial charge in [-0.15, -0.1) is 0 Å². The standard InChI is InChI=1S/C14H22N2O2/c1-5-10-8-12(13(17)15-9(10)4)14(18)16-11(6-2)7-3/h8,11H,5-7H2,1-4H3,(H,15,17)(H,16,18). The van der Waals surface area contributed by atoms with E-state index in [0.29, 0.717) is 0 Å². The van der Waals surface area contributed by atoms with Gasteiger partial charge >= 0.3 is 0 Å². The molecule has 0 saturated carbocycles. The van der Waals surface area contributed by atoms with Crippen molar-refractivity contribution in [1.82, 2.24) is 10.3 Å². The van der Waals surface area contributed by atoms with Crippen molar-refractivity contribution in [3.63, 3.8) is 0 Å². The number of pyridine rings is 1. The maximum Gasteiger partial charge on any atom is 0.261 e. The SMILES string of the molecule is CCc1cc(C(=O)NC(CC)CC)c(=O)[nH]c1C. The molecule has 1 aromatic rings. The lowest BCUT2D eigenvalue weighted by Crippen LogP contribution is -2.37. The van der Waals surface area contributed by atoms with E-state index in [1.807, 2.05) is 27.7 Å². The van der Waals surface area contributed by atoms with E-state index in [4.69, 9.17) is 0 Å². The Morgan fingerprint density at radius 3 is 2.44 bits per heavy atom. The first-order chi connectivity index (χ1) is 8.53. The Labute approximate surface area is 108 Å². The van der Waals surface area contributed by atoms with Gasteiger partial charge in [0.15, 0.2) is 0 Å². The summed E-state index contributed by atoms with van der Waals surface area (Å²) in [5, 5.41) is 2.89. The summed E-state index contributed by atoms with van der Waals surface area (Å²) in [4.78, 5) is 26.6. The average molecular weight is 250 g/mol. The van der Waals surface area contributed by atoms with Crippen LogP contribution >= 0.6 is 0 Å². The van der Waals surface area contributed by atoms with Crippen molar-refractivity contribution >= 4 is 5.91 Å². The molecule has 1 amide bonds. The molecule has 100 valence electrons. The van der Waals surface area contributed by atoms with Crippen molar-refractivity contribution in [2.75, 3.05) is 0 Å². The van der Waals surface area contributed by atoms with E-state index in [0.717, 1.165) is 30.5 Å². The summed E-state index contributed by atoms with van der Waals surface area (Å²) in [6.07, 6.45) is 2.53. The zero-order valence-electron chi connectivity index (χ0n) is 11.6. The molecular formula is C14H22N2O2. The van der Waals surface area contributed by atoms with E-state index in [1.165, 1.54) is 0 Å². The lowest BCUT2D eigenvalue weighted by Gasteiger charge is -2.15. The minimum atomic E-state index is -0.312. The van der Waals surface area contributed by atoms with Crippen molar-refractivity contribution in [3.05, 3.63) is 33.2 Å². The molecule has 2 N–H and O–H groups in total. The van der Waals surface area contributed by atoms with Gasteiger partial charge in [-0.2, -0.15) is 0 Å². The van der Waals surface area contributed by atoms with Crippen molar-refractivity contribution in [1.29, 1.82) is 0 Å². The van der Waals surface area contributed by atoms with Crippen LogP contribution in [0.2, 0.25) is 0 Å². The first-order valence-electron chi connectivity index (χ1n) is 6.57. The van der Waals surface area contributed by atoms with Crippen LogP contribution in [0.5, 0.6) is 0 Å². The molecule has 0 aromatic carbocycles. The normalized spacial score (nSPS) is 10.7. The number of aromatic amines is 1. The summed E-state index contributed by atoms with van der Waals surface area (Å²) in [7, 11) is 0. The van der Waals surface area contributed by atoms with Gasteiger partial charge in [0.2, 0.25) is 0 Å². The maximum absolute atomic E-state index is 12.0. The molecule has 0 aliphatic heterocycles. The van der Waals surface area contributed by atoms with Crippen molar-refractivity contribution in [2.24, 2.45) is 0 Å². The molecule has 0 bridgehead atoms. The topological polar surface area (TPSA) is 62.0 Å². The van der Waals surface area contributed by atoms with Crippen LogP contribution in [-0.4, -0.2) is 16.9 Å². The summed E-state index contributed by atoms with van der Waals surface area (Å²) in [5.74, 6) is -0.278. The lowest BCUT2D eigenvalue weighted by atomic mass is 10.1. The van der Waals surface area contributed by atoms with Gasteiger partial charge in [0.1, 0.15) is 5.56 Å². The number of nitrogens with one attached hydrogen (secondary N) is 2. The number of H-pyrrole nitrogens is 1. The summed E-state index contributed by atoms with van der Waals surface area (Å²) in [5.41, 5.74) is 1.74. The van der Waals surface area contributed by atoms with Crippen LogP contribution in [0, 0.1) is 6.92 Å². The summed E-state index contributed by atoms with van der Waals surface area (Å²) >= 11 is 0. The fourth-order valence-corrected chi connectivity index (χ4v) is 1.96. The summed E-state index contributed by atoms with van der Waals surface area (Å²) in [6, 6.07) is 1.83. The van der Waals surface area contributed by atoms with Crippen LogP contribution in [-0.2, 0) is 6.42 Å². The number of carbonyl (C=O) groups excluding carboxylic acids is 1. The molecule has 1 heterocycles. The van der Waals surface area contributed by atoms with E-state index in [-0.39, 0.29) is 23.1 Å². The third-order valence-electron chi connectivity index (χ3n) is 3.29. The quantitative estimate of drug-likeness (QED) is 0.841. The number of hydrogen-bond donors (Lipinski definition) is 2. The molecule has 0 unspecified atom stereocenters. The van der Waals surface area contributed by atoms with Gasteiger partial charge in [0, 0.05) is 11.7 Å². The number of aryl methyl sites for hydroxylation is 2. The Morgan fingerprint density at radius 2 is 1.94 bits per heavy atom. The van der Waals surface area contributed by atoms with Gasteiger partial charge in [-0.25, -0.2) is 0 Å². The summed E-state index contributed by atoms with van der Waals surface area (Å²) in [6.45, 7) is 7.89. The molecule has 4 nitrogen and oxygen atoms in total. The van der Waals surface area contributed by atoms with E-state index >= 15 is 0 Å². The molecule has 18 heavy (non-hydrogen) atoms. The Kier molecular flexibility index (Phi) is 5.13. The van der Waals surface area contributed by atoms with Crippen LogP contribution in [0.25, 0.3) is 0 Å². The van der Waals surface area contributed by atoms with Gasteiger partial charge in [0.05, 0.1) is 0 Å². The Hall–Kier alpha value is -1.58. The van der Waals surface area contributed by atoms with E-state index in [9.17, 15) is 9.59 Å². The predicted molar refractivity (Wildman–Crippen MR) is 73.0 cm³/mol. The second kappa shape index (κ2) is 6.38. The third-order valence-corrected chi connectivity index (χ3v) is 3.29. The third kappa shape index (κ3) is 3.22. The van der Waals surface area contributed by atoms with Crippen LogP contribution in [0.1, 0.15) is 55.2 Å². The number of hydrogen-bond acceptors (Lipinski definition) is 2. The van der Waals surface area contributed by atoms with E-state index in [2.05, 4.69) is 10.3 Å². The number of carbonyl (C=O) groups is 1. The fraction of sp³-hybridized carbons (Fsp3) is 0.571. The monoisotopic (exact) mass is 250 g/mol.